The average molecular weight is 478 g/mol. The van der Waals surface area contributed by atoms with Gasteiger partial charge in [0.25, 0.3) is 0 Å². The van der Waals surface area contributed by atoms with Gasteiger partial charge in [-0.1, -0.05) is 24.3 Å². The van der Waals surface area contributed by atoms with Crippen LogP contribution in [0.15, 0.2) is 65.0 Å². The summed E-state index contributed by atoms with van der Waals surface area (Å²) in [6, 6.07) is 13.3. The number of methoxy groups -OCH3 is 3. The highest BCUT2D eigenvalue weighted by atomic mass is 16.5. The molecule has 0 fully saturated rings. The number of ether oxygens (including phenoxy) is 4. The second-order valence-corrected chi connectivity index (χ2v) is 8.59. The Morgan fingerprint density at radius 2 is 1.69 bits per heavy atom. The number of Topliss-reactive ketones (excluding diaryl/α,β-unsaturated/α-hetero) is 1. The number of carbonyl (C=O) groups is 2. The maximum Gasteiger partial charge on any atom is 0.336 e. The summed E-state index contributed by atoms with van der Waals surface area (Å²) >= 11 is 0. The monoisotopic (exact) mass is 477 g/mol. The molecule has 184 valence electrons. The second-order valence-electron chi connectivity index (χ2n) is 8.59. The van der Waals surface area contributed by atoms with Crippen molar-refractivity contribution in [2.75, 3.05) is 27.9 Å². The molecular formula is C28H31NO6. The number of allylic oxidation sites excluding steroid dienone is 3. The van der Waals surface area contributed by atoms with Crippen LogP contribution in [-0.4, -0.2) is 39.7 Å². The number of esters is 1. The van der Waals surface area contributed by atoms with Crippen LogP contribution in [0.4, 0.5) is 0 Å². The minimum absolute atomic E-state index is 0.0104. The van der Waals surface area contributed by atoms with Gasteiger partial charge >= 0.3 is 5.97 Å². The number of benzene rings is 2. The van der Waals surface area contributed by atoms with Crippen LogP contribution in [0.25, 0.3) is 0 Å². The van der Waals surface area contributed by atoms with Gasteiger partial charge in [-0.15, -0.1) is 0 Å². The van der Waals surface area contributed by atoms with E-state index in [4.69, 9.17) is 18.9 Å². The summed E-state index contributed by atoms with van der Waals surface area (Å²) in [5.41, 5.74) is 4.30. The molecule has 0 unspecified atom stereocenters. The van der Waals surface area contributed by atoms with Crippen molar-refractivity contribution in [1.29, 1.82) is 0 Å². The van der Waals surface area contributed by atoms with E-state index in [0.717, 1.165) is 16.8 Å². The van der Waals surface area contributed by atoms with Gasteiger partial charge in [0.15, 0.2) is 17.3 Å². The summed E-state index contributed by atoms with van der Waals surface area (Å²) in [5, 5.41) is 3.37. The zero-order valence-corrected chi connectivity index (χ0v) is 20.8. The number of hydrogen-bond acceptors (Lipinski definition) is 7. The Morgan fingerprint density at radius 1 is 0.971 bits per heavy atom. The van der Waals surface area contributed by atoms with Crippen molar-refractivity contribution in [3.05, 3.63) is 76.1 Å². The largest absolute Gasteiger partial charge is 0.496 e. The zero-order chi connectivity index (χ0) is 25.1. The number of dihydropyridines is 1. The van der Waals surface area contributed by atoms with E-state index in [1.54, 1.807) is 28.3 Å². The molecule has 4 rings (SSSR count). The molecule has 2 aromatic carbocycles. The summed E-state index contributed by atoms with van der Waals surface area (Å²) in [6.45, 7) is 3.87. The first-order valence-corrected chi connectivity index (χ1v) is 11.7. The first kappa shape index (κ1) is 24.4. The van der Waals surface area contributed by atoms with Crippen molar-refractivity contribution in [2.45, 2.75) is 38.5 Å². The van der Waals surface area contributed by atoms with E-state index in [1.807, 2.05) is 49.4 Å². The Labute approximate surface area is 205 Å². The molecule has 1 N–H and O–H groups in total. The number of hydrogen-bond donors (Lipinski definition) is 1. The molecule has 35 heavy (non-hydrogen) atoms. The molecule has 1 heterocycles. The minimum atomic E-state index is -0.569. The maximum atomic E-state index is 13.7. The quantitative estimate of drug-likeness (QED) is 0.582. The molecule has 0 bridgehead atoms. The van der Waals surface area contributed by atoms with E-state index in [-0.39, 0.29) is 18.3 Å². The third-order valence-electron chi connectivity index (χ3n) is 6.65. The van der Waals surface area contributed by atoms with Crippen molar-refractivity contribution in [3.63, 3.8) is 0 Å². The van der Waals surface area contributed by atoms with Crippen LogP contribution in [0.5, 0.6) is 17.2 Å². The molecule has 7 nitrogen and oxygen atoms in total. The van der Waals surface area contributed by atoms with E-state index in [9.17, 15) is 9.59 Å². The normalized spacial score (nSPS) is 19.6. The van der Waals surface area contributed by atoms with E-state index in [2.05, 4.69) is 5.32 Å². The zero-order valence-electron chi connectivity index (χ0n) is 20.8. The number of carbonyl (C=O) groups excluding carboxylic acids is 2. The van der Waals surface area contributed by atoms with Crippen molar-refractivity contribution < 1.29 is 28.5 Å². The average Bonchev–Trinajstić information content (AvgIpc) is 2.87. The lowest BCUT2D eigenvalue weighted by atomic mass is 9.71. The Bertz CT molecular complexity index is 1210. The van der Waals surface area contributed by atoms with Gasteiger partial charge in [0.1, 0.15) is 5.75 Å². The maximum absolute atomic E-state index is 13.7. The van der Waals surface area contributed by atoms with Crippen molar-refractivity contribution >= 4 is 11.8 Å². The fourth-order valence-electron chi connectivity index (χ4n) is 5.08. The van der Waals surface area contributed by atoms with Crippen LogP contribution in [0.3, 0.4) is 0 Å². The van der Waals surface area contributed by atoms with Gasteiger partial charge in [-0.3, -0.25) is 4.79 Å². The molecule has 0 saturated heterocycles. The van der Waals surface area contributed by atoms with Crippen molar-refractivity contribution in [2.24, 2.45) is 0 Å². The van der Waals surface area contributed by atoms with Crippen LogP contribution in [-0.2, 0) is 14.3 Å². The van der Waals surface area contributed by atoms with Crippen LogP contribution >= 0.6 is 0 Å². The molecule has 0 saturated carbocycles. The van der Waals surface area contributed by atoms with Crippen LogP contribution in [0.2, 0.25) is 0 Å². The molecule has 0 aromatic heterocycles. The third-order valence-corrected chi connectivity index (χ3v) is 6.65. The summed E-state index contributed by atoms with van der Waals surface area (Å²) in [7, 11) is 4.78. The number of ketones is 1. The molecule has 0 spiro atoms. The molecular weight excluding hydrogens is 446 g/mol. The van der Waals surface area contributed by atoms with Gasteiger partial charge < -0.3 is 24.3 Å². The van der Waals surface area contributed by atoms with Crippen molar-refractivity contribution in [3.8, 4) is 17.2 Å². The van der Waals surface area contributed by atoms with Gasteiger partial charge in [-0.2, -0.15) is 0 Å². The van der Waals surface area contributed by atoms with Crippen molar-refractivity contribution in [1.82, 2.24) is 5.32 Å². The van der Waals surface area contributed by atoms with Gasteiger partial charge in [0.05, 0.1) is 39.4 Å². The topological polar surface area (TPSA) is 83.1 Å². The fourth-order valence-corrected chi connectivity index (χ4v) is 5.08. The third kappa shape index (κ3) is 4.50. The molecule has 1 aliphatic carbocycles. The summed E-state index contributed by atoms with van der Waals surface area (Å²) < 4.78 is 21.8. The lowest BCUT2D eigenvalue weighted by Crippen LogP contribution is -2.36. The molecule has 2 aromatic rings. The van der Waals surface area contributed by atoms with Gasteiger partial charge in [-0.05, 0) is 49.9 Å². The molecule has 0 radical (unpaired) electrons. The molecule has 2 atom stereocenters. The minimum Gasteiger partial charge on any atom is -0.496 e. The van der Waals surface area contributed by atoms with Crippen LogP contribution in [0, 0.1) is 0 Å². The smallest absolute Gasteiger partial charge is 0.336 e. The lowest BCUT2D eigenvalue weighted by molar-refractivity contribution is -0.138. The highest BCUT2D eigenvalue weighted by Gasteiger charge is 2.42. The first-order valence-electron chi connectivity index (χ1n) is 11.7. The fraction of sp³-hybridized carbons (Fsp3) is 0.357. The number of para-hydroxylation sites is 1. The highest BCUT2D eigenvalue weighted by molar-refractivity contribution is 6.04. The van der Waals surface area contributed by atoms with Gasteiger partial charge in [0, 0.05) is 29.0 Å². The van der Waals surface area contributed by atoms with Crippen LogP contribution in [0.1, 0.15) is 49.7 Å². The first-order chi connectivity index (χ1) is 16.9. The molecule has 7 heteroatoms. The Hall–Kier alpha value is -3.74. The lowest BCUT2D eigenvalue weighted by Gasteiger charge is -2.37. The Morgan fingerprint density at radius 3 is 2.37 bits per heavy atom. The molecule has 2 aliphatic rings. The summed E-state index contributed by atoms with van der Waals surface area (Å²) in [6.07, 6.45) is 0.937. The van der Waals surface area contributed by atoms with E-state index in [0.29, 0.717) is 46.9 Å². The van der Waals surface area contributed by atoms with E-state index in [1.165, 1.54) is 0 Å². The number of rotatable bonds is 7. The SMILES string of the molecule is CCOC(=O)C1=C(C)NC2=C(C(=O)C[C@@H](c3ccc(OC)c(OC)c3)C2)[C@H]1c1ccccc1OC. The highest BCUT2D eigenvalue weighted by Crippen LogP contribution is 2.48. The Balaban J connectivity index is 1.80. The summed E-state index contributed by atoms with van der Waals surface area (Å²) in [5.74, 6) is 0.836. The predicted octanol–water partition coefficient (Wildman–Crippen LogP) is 4.64. The van der Waals surface area contributed by atoms with E-state index < -0.39 is 11.9 Å². The standard InChI is InChI=1S/C28H31NO6/c1-6-35-28(31)25-16(2)29-20-13-18(17-11-12-23(33-4)24(15-17)34-5)14-21(30)27(20)26(25)19-9-7-8-10-22(19)32-3/h7-12,15,18,26,29H,6,13-14H2,1-5H3/t18-,26-/m0/s1. The van der Waals surface area contributed by atoms with Gasteiger partial charge in [-0.25, -0.2) is 4.79 Å². The second kappa shape index (κ2) is 10.3. The molecule has 0 amide bonds. The van der Waals surface area contributed by atoms with E-state index >= 15 is 0 Å². The summed E-state index contributed by atoms with van der Waals surface area (Å²) in [4.78, 5) is 26.8. The Kier molecular flexibility index (Phi) is 7.15. The predicted molar refractivity (Wildman–Crippen MR) is 132 cm³/mol. The van der Waals surface area contributed by atoms with Gasteiger partial charge in [0.2, 0.25) is 0 Å². The molecule has 1 aliphatic heterocycles. The number of nitrogens with one attached hydrogen (secondary N) is 1. The van der Waals surface area contributed by atoms with Crippen LogP contribution < -0.4 is 19.5 Å².